The predicted octanol–water partition coefficient (Wildman–Crippen LogP) is 3.88. The van der Waals surface area contributed by atoms with Gasteiger partial charge >= 0.3 is 0 Å². The summed E-state index contributed by atoms with van der Waals surface area (Å²) in [4.78, 5) is 0. The summed E-state index contributed by atoms with van der Waals surface area (Å²) in [5.74, 6) is 0. The van der Waals surface area contributed by atoms with Crippen LogP contribution < -0.4 is 0 Å². The highest BCUT2D eigenvalue weighted by Gasteiger charge is 2.16. The molecule has 0 amide bonds. The van der Waals surface area contributed by atoms with Crippen molar-refractivity contribution in [1.29, 1.82) is 5.26 Å². The summed E-state index contributed by atoms with van der Waals surface area (Å²) in [5.41, 5.74) is 1.96. The maximum atomic E-state index is 8.83. The molecule has 0 spiro atoms. The molecule has 0 saturated carbocycles. The van der Waals surface area contributed by atoms with Gasteiger partial charge in [0, 0.05) is 0 Å². The number of hydrogen-bond acceptors (Lipinski definition) is 1. The summed E-state index contributed by atoms with van der Waals surface area (Å²) >= 11 is 0. The highest BCUT2D eigenvalue weighted by molar-refractivity contribution is 5.41. The van der Waals surface area contributed by atoms with E-state index >= 15 is 0 Å². The van der Waals surface area contributed by atoms with Crippen LogP contribution in [0.15, 0.2) is 24.3 Å². The van der Waals surface area contributed by atoms with E-state index < -0.39 is 0 Å². The molecule has 14 heavy (non-hydrogen) atoms. The smallest absolute Gasteiger partial charge is 0.0994 e. The first-order valence-corrected chi connectivity index (χ1v) is 5.05. The molecule has 0 aromatic heterocycles. The van der Waals surface area contributed by atoms with E-state index in [4.69, 9.17) is 5.26 Å². The van der Waals surface area contributed by atoms with Crippen molar-refractivity contribution in [2.24, 2.45) is 0 Å². The largest absolute Gasteiger partial charge is 0.192 e. The summed E-state index contributed by atoms with van der Waals surface area (Å²) in [6.07, 6.45) is 0. The molecule has 0 atom stereocenters. The van der Waals surface area contributed by atoms with E-state index in [0.717, 1.165) is 11.1 Å². The first kappa shape index (κ1) is 12.7. The number of nitriles is 1. The van der Waals surface area contributed by atoms with Gasteiger partial charge in [0.05, 0.1) is 11.6 Å². The Bertz CT molecular complexity index is 313. The number of rotatable bonds is 0. The van der Waals surface area contributed by atoms with E-state index in [0.29, 0.717) is 0 Å². The molecule has 1 nitrogen and oxygen atoms in total. The zero-order valence-electron chi connectivity index (χ0n) is 9.76. The molecular formula is C13H19N. The predicted molar refractivity (Wildman–Crippen MR) is 61.2 cm³/mol. The molecule has 1 aromatic rings. The molecule has 0 fully saturated rings. The summed E-state index contributed by atoms with van der Waals surface area (Å²) < 4.78 is 0. The van der Waals surface area contributed by atoms with Gasteiger partial charge in [-0.25, -0.2) is 0 Å². The standard InChI is InChI=1S/C11H13N.C2H6/c1-11(2,3)10-7-5-4-6-9(10)8-12;1-2/h4-7H,1-3H3;1-2H3. The van der Waals surface area contributed by atoms with Gasteiger partial charge in [-0.2, -0.15) is 5.26 Å². The lowest BCUT2D eigenvalue weighted by atomic mass is 9.84. The first-order valence-electron chi connectivity index (χ1n) is 5.05. The molecule has 0 saturated heterocycles. The molecule has 0 unspecified atom stereocenters. The Labute approximate surface area is 87.4 Å². The molecule has 0 radical (unpaired) electrons. The Balaban J connectivity index is 0.000000791. The summed E-state index contributed by atoms with van der Waals surface area (Å²) in [5, 5.41) is 8.83. The topological polar surface area (TPSA) is 23.8 Å². The second kappa shape index (κ2) is 5.44. The molecule has 0 aliphatic carbocycles. The van der Waals surface area contributed by atoms with Crippen molar-refractivity contribution in [3.63, 3.8) is 0 Å². The monoisotopic (exact) mass is 189 g/mol. The summed E-state index contributed by atoms with van der Waals surface area (Å²) in [6, 6.07) is 9.95. The van der Waals surface area contributed by atoms with Crippen LogP contribution in [0, 0.1) is 11.3 Å². The van der Waals surface area contributed by atoms with Crippen LogP contribution in [0.1, 0.15) is 45.7 Å². The van der Waals surface area contributed by atoms with E-state index in [1.165, 1.54) is 0 Å². The normalized spacial score (nSPS) is 9.71. The Morgan fingerprint density at radius 1 is 1.07 bits per heavy atom. The maximum Gasteiger partial charge on any atom is 0.0994 e. The van der Waals surface area contributed by atoms with E-state index in [2.05, 4.69) is 26.8 Å². The Morgan fingerprint density at radius 3 is 1.93 bits per heavy atom. The fourth-order valence-electron chi connectivity index (χ4n) is 1.23. The fraction of sp³-hybridized carbons (Fsp3) is 0.462. The quantitative estimate of drug-likeness (QED) is 0.607. The average Bonchev–Trinajstić information content (AvgIpc) is 2.19. The van der Waals surface area contributed by atoms with Crippen molar-refractivity contribution in [2.45, 2.75) is 40.0 Å². The van der Waals surface area contributed by atoms with E-state index in [1.54, 1.807) is 0 Å². The number of benzene rings is 1. The van der Waals surface area contributed by atoms with Gasteiger partial charge in [-0.3, -0.25) is 0 Å². The second-order valence-electron chi connectivity index (χ2n) is 3.91. The van der Waals surface area contributed by atoms with Gasteiger partial charge in [-0.05, 0) is 17.0 Å². The zero-order valence-corrected chi connectivity index (χ0v) is 9.76. The molecule has 0 bridgehead atoms. The molecule has 1 aromatic carbocycles. The van der Waals surface area contributed by atoms with Crippen LogP contribution in [0.4, 0.5) is 0 Å². The van der Waals surface area contributed by atoms with Crippen molar-refractivity contribution < 1.29 is 0 Å². The van der Waals surface area contributed by atoms with Crippen molar-refractivity contribution in [3.05, 3.63) is 35.4 Å². The Hall–Kier alpha value is -1.29. The minimum Gasteiger partial charge on any atom is -0.192 e. The summed E-state index contributed by atoms with van der Waals surface area (Å²) in [7, 11) is 0. The van der Waals surface area contributed by atoms with Crippen LogP contribution in [0.5, 0.6) is 0 Å². The molecule has 0 heterocycles. The van der Waals surface area contributed by atoms with Crippen molar-refractivity contribution >= 4 is 0 Å². The van der Waals surface area contributed by atoms with Gasteiger partial charge in [-0.1, -0.05) is 52.8 Å². The third-order valence-electron chi connectivity index (χ3n) is 1.86. The highest BCUT2D eigenvalue weighted by atomic mass is 14.3. The van der Waals surface area contributed by atoms with Crippen LogP contribution >= 0.6 is 0 Å². The molecule has 0 aliphatic heterocycles. The fourth-order valence-corrected chi connectivity index (χ4v) is 1.23. The highest BCUT2D eigenvalue weighted by Crippen LogP contribution is 2.24. The molecule has 0 N–H and O–H groups in total. The number of hydrogen-bond donors (Lipinski definition) is 0. The minimum atomic E-state index is 0.0618. The van der Waals surface area contributed by atoms with Crippen molar-refractivity contribution in [3.8, 4) is 6.07 Å². The van der Waals surface area contributed by atoms with E-state index in [1.807, 2.05) is 38.1 Å². The van der Waals surface area contributed by atoms with Gasteiger partial charge in [0.25, 0.3) is 0 Å². The first-order chi connectivity index (χ1) is 6.55. The van der Waals surface area contributed by atoms with Crippen LogP contribution in [-0.4, -0.2) is 0 Å². The lowest BCUT2D eigenvalue weighted by molar-refractivity contribution is 0.588. The Kier molecular flexibility index (Phi) is 4.94. The molecular weight excluding hydrogens is 170 g/mol. The van der Waals surface area contributed by atoms with Crippen LogP contribution in [-0.2, 0) is 5.41 Å². The molecule has 1 heteroatoms. The summed E-state index contributed by atoms with van der Waals surface area (Å²) in [6.45, 7) is 10.3. The maximum absolute atomic E-state index is 8.83. The lowest BCUT2D eigenvalue weighted by Gasteiger charge is -2.19. The third-order valence-corrected chi connectivity index (χ3v) is 1.86. The minimum absolute atomic E-state index is 0.0618. The SMILES string of the molecule is CC.CC(C)(C)c1ccccc1C#N. The third kappa shape index (κ3) is 3.22. The van der Waals surface area contributed by atoms with Gasteiger partial charge in [0.1, 0.15) is 0 Å². The van der Waals surface area contributed by atoms with Gasteiger partial charge in [0.2, 0.25) is 0 Å². The Morgan fingerprint density at radius 2 is 1.57 bits per heavy atom. The molecule has 1 rings (SSSR count). The van der Waals surface area contributed by atoms with Gasteiger partial charge in [0.15, 0.2) is 0 Å². The van der Waals surface area contributed by atoms with Gasteiger partial charge in [-0.15, -0.1) is 0 Å². The van der Waals surface area contributed by atoms with Crippen LogP contribution in [0.3, 0.4) is 0 Å². The van der Waals surface area contributed by atoms with Crippen LogP contribution in [0.2, 0.25) is 0 Å². The molecule has 0 aliphatic rings. The van der Waals surface area contributed by atoms with Crippen molar-refractivity contribution in [2.75, 3.05) is 0 Å². The van der Waals surface area contributed by atoms with E-state index in [-0.39, 0.29) is 5.41 Å². The van der Waals surface area contributed by atoms with E-state index in [9.17, 15) is 0 Å². The lowest BCUT2D eigenvalue weighted by Crippen LogP contribution is -2.12. The second-order valence-corrected chi connectivity index (χ2v) is 3.91. The van der Waals surface area contributed by atoms with Crippen molar-refractivity contribution in [1.82, 2.24) is 0 Å². The van der Waals surface area contributed by atoms with Crippen LogP contribution in [0.25, 0.3) is 0 Å². The molecule has 76 valence electrons. The zero-order chi connectivity index (χ0) is 11.2. The van der Waals surface area contributed by atoms with Gasteiger partial charge < -0.3 is 0 Å². The average molecular weight is 189 g/mol. The number of nitrogens with zero attached hydrogens (tertiary/aromatic N) is 1.